The Morgan fingerprint density at radius 3 is 2.37 bits per heavy atom. The van der Waals surface area contributed by atoms with E-state index in [1.54, 1.807) is 43.3 Å². The van der Waals surface area contributed by atoms with Gasteiger partial charge in [0, 0.05) is 28.3 Å². The number of carbonyl (C=O) groups excluding carboxylic acids is 2. The van der Waals surface area contributed by atoms with Crippen LogP contribution in [0.15, 0.2) is 59.1 Å². The fourth-order valence-electron chi connectivity index (χ4n) is 4.06. The first-order valence-corrected chi connectivity index (χ1v) is 9.38. The first kappa shape index (κ1) is 19.6. The third-order valence-corrected chi connectivity index (χ3v) is 5.37. The van der Waals surface area contributed by atoms with Crippen molar-refractivity contribution < 1.29 is 29.0 Å². The molecule has 0 bridgehead atoms. The molecule has 0 radical (unpaired) electrons. The number of carboxylic acids is 1. The molecule has 1 heterocycles. The largest absolute Gasteiger partial charge is 0.482 e. The first-order valence-electron chi connectivity index (χ1n) is 9.38. The fourth-order valence-corrected chi connectivity index (χ4v) is 4.06. The second-order valence-corrected chi connectivity index (χ2v) is 7.12. The number of carbonyl (C=O) groups is 3. The van der Waals surface area contributed by atoms with Gasteiger partial charge in [-0.15, -0.1) is 0 Å². The quantitative estimate of drug-likeness (QED) is 0.767. The molecule has 0 fully saturated rings. The van der Waals surface area contributed by atoms with Gasteiger partial charge in [-0.25, -0.2) is 4.79 Å². The molecule has 1 aliphatic carbocycles. The van der Waals surface area contributed by atoms with E-state index in [-0.39, 0.29) is 5.78 Å². The summed E-state index contributed by atoms with van der Waals surface area (Å²) in [7, 11) is 1.31. The third-order valence-electron chi connectivity index (χ3n) is 5.37. The highest BCUT2D eigenvalue weighted by Gasteiger charge is 2.45. The number of rotatable bonds is 5. The maximum Gasteiger partial charge on any atom is 0.341 e. The number of allylic oxidation sites excluding steroid dienone is 1. The average molecular weight is 405 g/mol. The van der Waals surface area contributed by atoms with Crippen LogP contribution in [0.3, 0.4) is 0 Å². The summed E-state index contributed by atoms with van der Waals surface area (Å²) >= 11 is 0. The molecular formula is C23H19NO6. The van der Waals surface area contributed by atoms with Crippen LogP contribution in [0.1, 0.15) is 34.3 Å². The number of nitrogens with zero attached hydrogens (tertiary/aromatic N) is 1. The lowest BCUT2D eigenvalue weighted by atomic mass is 9.75. The van der Waals surface area contributed by atoms with E-state index < -0.39 is 30.4 Å². The van der Waals surface area contributed by atoms with E-state index in [2.05, 4.69) is 4.99 Å². The van der Waals surface area contributed by atoms with E-state index >= 15 is 0 Å². The number of aliphatic carboxylic acids is 1. The lowest BCUT2D eigenvalue weighted by Gasteiger charge is -2.30. The molecule has 7 heteroatoms. The van der Waals surface area contributed by atoms with Crippen LogP contribution in [0.4, 0.5) is 0 Å². The standard InChI is InChI=1S/C23H19NO6/c1-12-18(23(28)29-2)19(13-7-9-14(10-8-13)30-11-17(25)26)20-21(24-12)15-5-3-4-6-16(15)22(20)27/h3-10,18-19H,11H2,1-2H3,(H,25,26)/t18?,19-/m1/s1. The highest BCUT2D eigenvalue weighted by molar-refractivity contribution is 6.24. The number of hydrogen-bond donors (Lipinski definition) is 1. The summed E-state index contributed by atoms with van der Waals surface area (Å²) in [6.07, 6.45) is 0. The molecule has 4 rings (SSSR count). The van der Waals surface area contributed by atoms with Gasteiger partial charge < -0.3 is 14.6 Å². The number of ketones is 1. The van der Waals surface area contributed by atoms with E-state index in [4.69, 9.17) is 14.6 Å². The normalized spacial score (nSPS) is 19.7. The number of fused-ring (bicyclic) bond motifs is 2. The third kappa shape index (κ3) is 3.18. The summed E-state index contributed by atoms with van der Waals surface area (Å²) in [6, 6.07) is 14.0. The molecule has 1 N–H and O–H groups in total. The SMILES string of the molecule is COC(=O)C1C(C)=NC2=C(C(=O)c3ccccc32)[C@@H]1c1ccc(OCC(=O)O)cc1. The Morgan fingerprint density at radius 2 is 1.73 bits per heavy atom. The van der Waals surface area contributed by atoms with Gasteiger partial charge in [-0.1, -0.05) is 36.4 Å². The van der Waals surface area contributed by atoms with Crippen LogP contribution in [0.2, 0.25) is 0 Å². The fraction of sp³-hybridized carbons (Fsp3) is 0.217. The Kier molecular flexibility index (Phi) is 4.95. The predicted molar refractivity (Wildman–Crippen MR) is 109 cm³/mol. The van der Waals surface area contributed by atoms with Crippen molar-refractivity contribution in [1.29, 1.82) is 0 Å². The molecule has 1 unspecified atom stereocenters. The molecule has 2 aliphatic rings. The van der Waals surface area contributed by atoms with Gasteiger partial charge in [-0.05, 0) is 24.6 Å². The van der Waals surface area contributed by atoms with E-state index in [1.807, 2.05) is 12.1 Å². The maximum atomic E-state index is 13.3. The van der Waals surface area contributed by atoms with Crippen molar-refractivity contribution >= 4 is 29.1 Å². The summed E-state index contributed by atoms with van der Waals surface area (Å²) in [4.78, 5) is 41.2. The zero-order valence-corrected chi connectivity index (χ0v) is 16.4. The molecule has 2 aromatic rings. The lowest BCUT2D eigenvalue weighted by molar-refractivity contribution is -0.143. The lowest BCUT2D eigenvalue weighted by Crippen LogP contribution is -2.34. The Hall–Kier alpha value is -3.74. The molecule has 152 valence electrons. The molecule has 0 saturated carbocycles. The zero-order valence-electron chi connectivity index (χ0n) is 16.4. The van der Waals surface area contributed by atoms with Crippen molar-refractivity contribution in [3.63, 3.8) is 0 Å². The monoisotopic (exact) mass is 405 g/mol. The van der Waals surface area contributed by atoms with Crippen molar-refractivity contribution in [1.82, 2.24) is 0 Å². The number of hydrogen-bond acceptors (Lipinski definition) is 6. The highest BCUT2D eigenvalue weighted by atomic mass is 16.5. The Bertz CT molecular complexity index is 1110. The average Bonchev–Trinajstić information content (AvgIpc) is 3.03. The molecule has 7 nitrogen and oxygen atoms in total. The number of Topliss-reactive ketones (excluding diaryl/α,β-unsaturated/α-hetero) is 1. The van der Waals surface area contributed by atoms with Crippen LogP contribution in [0, 0.1) is 5.92 Å². The van der Waals surface area contributed by atoms with Gasteiger partial charge in [-0.3, -0.25) is 14.6 Å². The minimum Gasteiger partial charge on any atom is -0.482 e. The number of esters is 1. The van der Waals surface area contributed by atoms with E-state index in [1.165, 1.54) is 7.11 Å². The minimum absolute atomic E-state index is 0.151. The Balaban J connectivity index is 1.80. The smallest absolute Gasteiger partial charge is 0.341 e. The Morgan fingerprint density at radius 1 is 1.07 bits per heavy atom. The molecule has 0 spiro atoms. The summed E-state index contributed by atoms with van der Waals surface area (Å²) < 4.78 is 10.2. The number of methoxy groups -OCH3 is 1. The molecular weight excluding hydrogens is 386 g/mol. The van der Waals surface area contributed by atoms with E-state index in [9.17, 15) is 14.4 Å². The van der Waals surface area contributed by atoms with Gasteiger partial charge in [0.1, 0.15) is 11.7 Å². The second kappa shape index (κ2) is 7.59. The maximum absolute atomic E-state index is 13.3. The molecule has 2 atom stereocenters. The first-order chi connectivity index (χ1) is 14.4. The van der Waals surface area contributed by atoms with Crippen molar-refractivity contribution in [2.75, 3.05) is 13.7 Å². The van der Waals surface area contributed by atoms with Crippen molar-refractivity contribution in [3.8, 4) is 5.75 Å². The van der Waals surface area contributed by atoms with Gasteiger partial charge in [0.25, 0.3) is 0 Å². The summed E-state index contributed by atoms with van der Waals surface area (Å²) in [5, 5.41) is 8.77. The van der Waals surface area contributed by atoms with E-state index in [0.717, 1.165) is 11.1 Å². The number of ether oxygens (including phenoxy) is 2. The van der Waals surface area contributed by atoms with Crippen LogP contribution < -0.4 is 4.74 Å². The summed E-state index contributed by atoms with van der Waals surface area (Å²) in [5.74, 6) is -2.62. The summed E-state index contributed by atoms with van der Waals surface area (Å²) in [6.45, 7) is 1.30. The summed E-state index contributed by atoms with van der Waals surface area (Å²) in [5.41, 5.74) is 3.67. The van der Waals surface area contributed by atoms with Gasteiger partial charge in [0.15, 0.2) is 12.4 Å². The minimum atomic E-state index is -1.08. The van der Waals surface area contributed by atoms with Crippen LogP contribution in [-0.4, -0.2) is 42.3 Å². The van der Waals surface area contributed by atoms with Crippen LogP contribution in [-0.2, 0) is 14.3 Å². The molecule has 30 heavy (non-hydrogen) atoms. The van der Waals surface area contributed by atoms with Gasteiger partial charge in [0.05, 0.1) is 12.8 Å². The number of benzene rings is 2. The molecule has 2 aromatic carbocycles. The van der Waals surface area contributed by atoms with Crippen LogP contribution in [0.25, 0.3) is 5.70 Å². The predicted octanol–water partition coefficient (Wildman–Crippen LogP) is 3.10. The second-order valence-electron chi connectivity index (χ2n) is 7.12. The van der Waals surface area contributed by atoms with Crippen LogP contribution >= 0.6 is 0 Å². The molecule has 0 amide bonds. The molecule has 0 aromatic heterocycles. The molecule has 1 aliphatic heterocycles. The van der Waals surface area contributed by atoms with Gasteiger partial charge in [0.2, 0.25) is 0 Å². The Labute approximate surface area is 172 Å². The molecule has 0 saturated heterocycles. The zero-order chi connectivity index (χ0) is 21.4. The van der Waals surface area contributed by atoms with Crippen LogP contribution in [0.5, 0.6) is 5.75 Å². The van der Waals surface area contributed by atoms with Gasteiger partial charge in [-0.2, -0.15) is 0 Å². The number of carboxylic acid groups (broad SMARTS) is 1. The van der Waals surface area contributed by atoms with Gasteiger partial charge >= 0.3 is 11.9 Å². The highest BCUT2D eigenvalue weighted by Crippen LogP contribution is 2.48. The van der Waals surface area contributed by atoms with Crippen molar-refractivity contribution in [2.45, 2.75) is 12.8 Å². The van der Waals surface area contributed by atoms with Crippen molar-refractivity contribution in [2.24, 2.45) is 10.9 Å². The number of aliphatic imine (C=N–C) groups is 1. The van der Waals surface area contributed by atoms with Crippen molar-refractivity contribution in [3.05, 3.63) is 70.8 Å². The topological polar surface area (TPSA) is 102 Å². The van der Waals surface area contributed by atoms with E-state index in [0.29, 0.717) is 28.3 Å².